The molecule has 1 aliphatic heterocycles. The molecule has 10 heteroatoms. The molecule has 0 spiro atoms. The Morgan fingerprint density at radius 1 is 1.50 bits per heavy atom. The molecular formula is C10H17N5O4S. The van der Waals surface area contributed by atoms with Gasteiger partial charge in [0.2, 0.25) is 5.96 Å². The van der Waals surface area contributed by atoms with Crippen LogP contribution in [-0.4, -0.2) is 48.1 Å². The topological polar surface area (TPSA) is 134 Å². The molecule has 0 saturated carbocycles. The van der Waals surface area contributed by atoms with Gasteiger partial charge in [-0.1, -0.05) is 12.2 Å². The normalized spacial score (nSPS) is 19.1. The molecule has 0 aliphatic carbocycles. The van der Waals surface area contributed by atoms with Crippen molar-refractivity contribution in [3.8, 4) is 0 Å². The van der Waals surface area contributed by atoms with Crippen LogP contribution >= 0.6 is 0 Å². The van der Waals surface area contributed by atoms with Crippen molar-refractivity contribution in [2.75, 3.05) is 13.1 Å². The second-order valence-electron chi connectivity index (χ2n) is 3.80. The van der Waals surface area contributed by atoms with E-state index >= 15 is 0 Å². The van der Waals surface area contributed by atoms with E-state index in [1.165, 1.54) is 6.08 Å². The summed E-state index contributed by atoms with van der Waals surface area (Å²) in [6, 6.07) is 0. The maximum atomic E-state index is 10.7. The van der Waals surface area contributed by atoms with Gasteiger partial charge in [0.1, 0.15) is 12.0 Å². The first-order valence-corrected chi connectivity index (χ1v) is 6.89. The maximum Gasteiger partial charge on any atom is 0.418 e. The van der Waals surface area contributed by atoms with Gasteiger partial charge in [-0.2, -0.15) is 18.5 Å². The number of nitrogens with two attached hydrogens (primary N) is 2. The summed E-state index contributed by atoms with van der Waals surface area (Å²) in [6.45, 7) is 8.18. The van der Waals surface area contributed by atoms with Gasteiger partial charge in [-0.05, 0) is 6.08 Å². The fraction of sp³-hybridized carbons (Fsp3) is 0.300. The van der Waals surface area contributed by atoms with Crippen molar-refractivity contribution in [2.45, 2.75) is 6.17 Å². The smallest absolute Gasteiger partial charge is 0.368 e. The molecule has 1 atom stereocenters. The molecule has 0 aromatic rings. The van der Waals surface area contributed by atoms with E-state index in [9.17, 15) is 8.42 Å². The average Bonchev–Trinajstić information content (AvgIpc) is 2.32. The molecule has 1 aliphatic rings. The molecule has 112 valence electrons. The van der Waals surface area contributed by atoms with Crippen molar-refractivity contribution >= 4 is 16.4 Å². The molecule has 0 amide bonds. The molecule has 20 heavy (non-hydrogen) atoms. The van der Waals surface area contributed by atoms with Gasteiger partial charge in [-0.25, -0.2) is 0 Å². The monoisotopic (exact) mass is 303 g/mol. The number of aliphatic imine (C=N–C) groups is 1. The zero-order valence-electron chi connectivity index (χ0n) is 10.7. The first-order chi connectivity index (χ1) is 9.28. The first-order valence-electron chi connectivity index (χ1n) is 5.53. The molecule has 0 fully saturated rings. The van der Waals surface area contributed by atoms with Crippen LogP contribution in [-0.2, 0) is 14.7 Å². The van der Waals surface area contributed by atoms with Crippen LogP contribution in [0, 0.1) is 0 Å². The van der Waals surface area contributed by atoms with Gasteiger partial charge in [0, 0.05) is 13.1 Å². The van der Waals surface area contributed by atoms with Gasteiger partial charge in [0.25, 0.3) is 0 Å². The lowest BCUT2D eigenvalue weighted by Gasteiger charge is -2.31. The number of hydrogen-bond acceptors (Lipinski definition) is 8. The Morgan fingerprint density at radius 2 is 2.05 bits per heavy atom. The Bertz CT molecular complexity index is 532. The number of hydrogen-bond donors (Lipinski definition) is 3. The zero-order valence-corrected chi connectivity index (χ0v) is 11.5. The van der Waals surface area contributed by atoms with Crippen molar-refractivity contribution in [1.82, 2.24) is 9.96 Å². The van der Waals surface area contributed by atoms with Gasteiger partial charge < -0.3 is 16.4 Å². The van der Waals surface area contributed by atoms with Crippen LogP contribution in [0.3, 0.4) is 0 Å². The number of rotatable bonds is 7. The van der Waals surface area contributed by atoms with Crippen LogP contribution < -0.4 is 11.5 Å². The van der Waals surface area contributed by atoms with E-state index in [1.807, 2.05) is 0 Å². The van der Waals surface area contributed by atoms with Crippen molar-refractivity contribution in [3.63, 3.8) is 0 Å². The number of nitrogens with zero attached hydrogens (tertiary/aromatic N) is 3. The largest absolute Gasteiger partial charge is 0.418 e. The predicted octanol–water partition coefficient (Wildman–Crippen LogP) is -0.849. The summed E-state index contributed by atoms with van der Waals surface area (Å²) in [5, 5.41) is 0.582. The Kier molecular flexibility index (Phi) is 5.27. The van der Waals surface area contributed by atoms with E-state index in [4.69, 9.17) is 16.0 Å². The molecule has 5 N–H and O–H groups in total. The van der Waals surface area contributed by atoms with E-state index in [1.54, 1.807) is 17.1 Å². The van der Waals surface area contributed by atoms with Gasteiger partial charge in [-0.3, -0.25) is 4.55 Å². The fourth-order valence-electron chi connectivity index (χ4n) is 1.52. The molecule has 1 rings (SSSR count). The molecule has 9 nitrogen and oxygen atoms in total. The lowest BCUT2D eigenvalue weighted by Crippen LogP contribution is -2.51. The fourth-order valence-corrected chi connectivity index (χ4v) is 1.89. The summed E-state index contributed by atoms with van der Waals surface area (Å²) < 4.78 is 34.2. The molecule has 1 heterocycles. The van der Waals surface area contributed by atoms with E-state index in [0.29, 0.717) is 24.0 Å². The molecule has 0 radical (unpaired) electrons. The summed E-state index contributed by atoms with van der Waals surface area (Å²) in [7, 11) is -4.74. The maximum absolute atomic E-state index is 10.7. The van der Waals surface area contributed by atoms with Crippen LogP contribution in [0.2, 0.25) is 0 Å². The van der Waals surface area contributed by atoms with E-state index in [2.05, 4.69) is 22.4 Å². The van der Waals surface area contributed by atoms with E-state index < -0.39 is 16.6 Å². The SMILES string of the molecule is C=CCN(CC=C)C1=CC(N)N(OS(=O)(=O)O)C(N)=N1. The third-order valence-corrected chi connectivity index (χ3v) is 2.59. The molecule has 0 aromatic carbocycles. The van der Waals surface area contributed by atoms with Crippen LogP contribution in [0.25, 0.3) is 0 Å². The molecule has 0 aromatic heterocycles. The summed E-state index contributed by atoms with van der Waals surface area (Å²) in [4.78, 5) is 5.73. The highest BCUT2D eigenvalue weighted by Gasteiger charge is 2.27. The van der Waals surface area contributed by atoms with Gasteiger partial charge >= 0.3 is 10.4 Å². The van der Waals surface area contributed by atoms with Crippen molar-refractivity contribution in [3.05, 3.63) is 37.2 Å². The van der Waals surface area contributed by atoms with Crippen LogP contribution in [0.5, 0.6) is 0 Å². The molecular weight excluding hydrogens is 286 g/mol. The van der Waals surface area contributed by atoms with Gasteiger partial charge in [0.15, 0.2) is 0 Å². The van der Waals surface area contributed by atoms with Crippen molar-refractivity contribution in [2.24, 2.45) is 16.5 Å². The molecule has 0 saturated heterocycles. The number of hydroxylamine groups is 2. The Balaban J connectivity index is 2.97. The van der Waals surface area contributed by atoms with Crippen LogP contribution in [0.15, 0.2) is 42.2 Å². The minimum absolute atomic E-state index is 0.300. The van der Waals surface area contributed by atoms with Crippen molar-refractivity contribution in [1.29, 1.82) is 0 Å². The quantitative estimate of drug-likeness (QED) is 0.409. The highest BCUT2D eigenvalue weighted by molar-refractivity contribution is 7.80. The predicted molar refractivity (Wildman–Crippen MR) is 74.1 cm³/mol. The van der Waals surface area contributed by atoms with Gasteiger partial charge in [0.05, 0.1) is 0 Å². The first kappa shape index (κ1) is 16.2. The highest BCUT2D eigenvalue weighted by atomic mass is 32.3. The minimum Gasteiger partial charge on any atom is -0.368 e. The molecule has 1 unspecified atom stereocenters. The zero-order chi connectivity index (χ0) is 15.3. The molecule has 0 bridgehead atoms. The Labute approximate surface area is 117 Å². The Morgan fingerprint density at radius 3 is 2.45 bits per heavy atom. The van der Waals surface area contributed by atoms with E-state index in [-0.39, 0.29) is 5.96 Å². The van der Waals surface area contributed by atoms with E-state index in [0.717, 1.165) is 0 Å². The van der Waals surface area contributed by atoms with Gasteiger partial charge in [-0.15, -0.1) is 17.4 Å². The summed E-state index contributed by atoms with van der Waals surface area (Å²) >= 11 is 0. The third-order valence-electron chi connectivity index (χ3n) is 2.24. The minimum atomic E-state index is -4.74. The summed E-state index contributed by atoms with van der Waals surface area (Å²) in [5.41, 5.74) is 11.3. The summed E-state index contributed by atoms with van der Waals surface area (Å²) in [5.74, 6) is 0.121. The lowest BCUT2D eigenvalue weighted by atomic mass is 10.3. The number of guanidine groups is 1. The second kappa shape index (κ2) is 6.52. The van der Waals surface area contributed by atoms with Crippen LogP contribution in [0.4, 0.5) is 0 Å². The standard InChI is InChI=1S/C10H17N5O4S/c1-3-5-14(6-4-2)9-7-8(11)15(10(12)13-9)19-20(16,17)18/h3-4,7-8H,1-2,5-6,11H2,(H2,12,13)(H,16,17,18). The van der Waals surface area contributed by atoms with Crippen LogP contribution in [0.1, 0.15) is 0 Å². The highest BCUT2D eigenvalue weighted by Crippen LogP contribution is 2.15. The second-order valence-corrected chi connectivity index (χ2v) is 4.80. The average molecular weight is 303 g/mol. The third kappa shape index (κ3) is 4.35. The lowest BCUT2D eigenvalue weighted by molar-refractivity contribution is -0.0131. The van der Waals surface area contributed by atoms with Crippen molar-refractivity contribution < 1.29 is 17.3 Å². The Hall–Kier alpha value is -1.88. The summed E-state index contributed by atoms with van der Waals surface area (Å²) in [6.07, 6.45) is 3.71.